The van der Waals surface area contributed by atoms with Gasteiger partial charge in [-0.05, 0) is 46.2 Å². The molecule has 3 N–H and O–H groups in total. The lowest BCUT2D eigenvalue weighted by Gasteiger charge is -2.47. The van der Waals surface area contributed by atoms with Crippen LogP contribution in [-0.4, -0.2) is 29.6 Å². The Morgan fingerprint density at radius 3 is 2.47 bits per heavy atom. The molecule has 1 fully saturated rings. The minimum absolute atomic E-state index is 0.124. The predicted octanol–water partition coefficient (Wildman–Crippen LogP) is 1.89. The highest BCUT2D eigenvalue weighted by atomic mass is 15.3. The van der Waals surface area contributed by atoms with Gasteiger partial charge in [-0.25, -0.2) is 0 Å². The van der Waals surface area contributed by atoms with E-state index in [0.717, 1.165) is 12.8 Å². The van der Waals surface area contributed by atoms with Crippen LogP contribution in [0.25, 0.3) is 0 Å². The average molecular weight is 237 g/mol. The first-order valence-electron chi connectivity index (χ1n) is 6.79. The second kappa shape index (κ2) is 7.00. The Morgan fingerprint density at radius 1 is 1.35 bits per heavy atom. The molecule has 0 aromatic carbocycles. The van der Waals surface area contributed by atoms with Gasteiger partial charge in [-0.3, -0.25) is 16.2 Å². The molecule has 1 rings (SSSR count). The van der Waals surface area contributed by atoms with Gasteiger partial charge in [-0.2, -0.15) is 0 Å². The number of nitrogens with one attached hydrogen (secondary N) is 1. The maximum Gasteiger partial charge on any atom is 0.0501 e. The van der Waals surface area contributed by atoms with Crippen LogP contribution < -0.4 is 11.3 Å². The van der Waals surface area contributed by atoms with E-state index in [9.17, 15) is 0 Å². The van der Waals surface area contributed by atoms with Crippen molar-refractivity contribution in [3.05, 3.63) is 0 Å². The fourth-order valence-electron chi connectivity index (χ4n) is 2.76. The van der Waals surface area contributed by atoms with Gasteiger partial charge in [0, 0.05) is 12.0 Å². The van der Waals surface area contributed by atoms with Crippen LogP contribution in [0, 0.1) is 11.8 Å². The van der Waals surface area contributed by atoms with Crippen LogP contribution >= 0.6 is 0 Å². The lowest BCUT2D eigenvalue weighted by Crippen LogP contribution is -2.61. The van der Waals surface area contributed by atoms with Crippen LogP contribution in [0.2, 0.25) is 0 Å². The summed E-state index contributed by atoms with van der Waals surface area (Å²) in [6.07, 6.45) is 5.92. The summed E-state index contributed by atoms with van der Waals surface area (Å²) in [5.74, 6) is 11.9. The summed E-state index contributed by atoms with van der Waals surface area (Å²) >= 11 is 0. The number of piperidine rings is 1. The molecule has 0 aliphatic carbocycles. The van der Waals surface area contributed by atoms with Gasteiger partial charge in [0.05, 0.1) is 6.04 Å². The summed E-state index contributed by atoms with van der Waals surface area (Å²) in [4.78, 5) is 2.60. The van der Waals surface area contributed by atoms with Gasteiger partial charge in [-0.15, -0.1) is 11.8 Å². The molecule has 1 heterocycles. The van der Waals surface area contributed by atoms with Gasteiger partial charge in [0.2, 0.25) is 0 Å². The van der Waals surface area contributed by atoms with Crippen molar-refractivity contribution < 1.29 is 0 Å². The van der Waals surface area contributed by atoms with E-state index in [-0.39, 0.29) is 11.6 Å². The molecule has 98 valence electrons. The van der Waals surface area contributed by atoms with Crippen molar-refractivity contribution in [2.75, 3.05) is 13.1 Å². The number of hydrazine groups is 1. The molecule has 0 spiro atoms. The zero-order valence-electron chi connectivity index (χ0n) is 11.6. The third-order valence-corrected chi connectivity index (χ3v) is 4.23. The van der Waals surface area contributed by atoms with E-state index < -0.39 is 0 Å². The minimum atomic E-state index is 0.124. The van der Waals surface area contributed by atoms with Crippen LogP contribution in [-0.2, 0) is 0 Å². The first-order valence-corrected chi connectivity index (χ1v) is 6.79. The fraction of sp³-hybridized carbons (Fsp3) is 0.857. The highest BCUT2D eigenvalue weighted by Gasteiger charge is 2.37. The summed E-state index contributed by atoms with van der Waals surface area (Å²) < 4.78 is 0. The summed E-state index contributed by atoms with van der Waals surface area (Å²) in [5, 5.41) is 0. The van der Waals surface area contributed by atoms with Gasteiger partial charge in [0.1, 0.15) is 0 Å². The Bertz CT molecular complexity index is 273. The molecular formula is C14H27N3. The van der Waals surface area contributed by atoms with Crippen LogP contribution in [0.4, 0.5) is 0 Å². The average Bonchev–Trinajstić information content (AvgIpc) is 2.40. The Labute approximate surface area is 106 Å². The third-order valence-electron chi connectivity index (χ3n) is 4.23. The SMILES string of the molecule is CC#CCC(NN)C(C)(CC)N1CCCCC1. The van der Waals surface area contributed by atoms with Gasteiger partial charge in [-0.1, -0.05) is 13.3 Å². The van der Waals surface area contributed by atoms with Gasteiger partial charge >= 0.3 is 0 Å². The van der Waals surface area contributed by atoms with E-state index in [4.69, 9.17) is 5.84 Å². The monoisotopic (exact) mass is 237 g/mol. The third kappa shape index (κ3) is 3.45. The quantitative estimate of drug-likeness (QED) is 0.436. The summed E-state index contributed by atoms with van der Waals surface area (Å²) in [7, 11) is 0. The van der Waals surface area contributed by atoms with Crippen LogP contribution in [0.1, 0.15) is 52.9 Å². The number of likely N-dealkylation sites (tertiary alicyclic amines) is 1. The van der Waals surface area contributed by atoms with Crippen molar-refractivity contribution in [1.82, 2.24) is 10.3 Å². The van der Waals surface area contributed by atoms with Crippen LogP contribution in [0.3, 0.4) is 0 Å². The Morgan fingerprint density at radius 2 is 2.00 bits per heavy atom. The number of nitrogens with two attached hydrogens (primary N) is 1. The molecular weight excluding hydrogens is 210 g/mol. The van der Waals surface area contributed by atoms with E-state index in [0.29, 0.717) is 0 Å². The van der Waals surface area contributed by atoms with Crippen molar-refractivity contribution in [3.63, 3.8) is 0 Å². The molecule has 1 saturated heterocycles. The maximum atomic E-state index is 5.74. The molecule has 2 unspecified atom stereocenters. The lowest BCUT2D eigenvalue weighted by molar-refractivity contribution is 0.0444. The van der Waals surface area contributed by atoms with Crippen molar-refractivity contribution in [2.45, 2.75) is 64.5 Å². The first-order chi connectivity index (χ1) is 8.19. The Hall–Kier alpha value is -0.560. The lowest BCUT2D eigenvalue weighted by atomic mass is 9.84. The molecule has 3 heteroatoms. The smallest absolute Gasteiger partial charge is 0.0501 e. The molecule has 0 radical (unpaired) electrons. The molecule has 0 aromatic rings. The molecule has 17 heavy (non-hydrogen) atoms. The van der Waals surface area contributed by atoms with Gasteiger partial charge in [0.25, 0.3) is 0 Å². The van der Waals surface area contributed by atoms with E-state index >= 15 is 0 Å². The molecule has 1 aliphatic rings. The van der Waals surface area contributed by atoms with Gasteiger partial charge < -0.3 is 0 Å². The molecule has 0 amide bonds. The van der Waals surface area contributed by atoms with Crippen molar-refractivity contribution in [3.8, 4) is 11.8 Å². The molecule has 0 bridgehead atoms. The number of nitrogens with zero attached hydrogens (tertiary/aromatic N) is 1. The van der Waals surface area contributed by atoms with E-state index in [2.05, 4.69) is 36.0 Å². The summed E-state index contributed by atoms with van der Waals surface area (Å²) in [5.41, 5.74) is 3.11. The number of hydrogen-bond acceptors (Lipinski definition) is 3. The van der Waals surface area contributed by atoms with E-state index in [1.807, 2.05) is 6.92 Å². The van der Waals surface area contributed by atoms with Crippen molar-refractivity contribution >= 4 is 0 Å². The first kappa shape index (κ1) is 14.5. The second-order valence-electron chi connectivity index (χ2n) is 5.11. The highest BCUT2D eigenvalue weighted by Crippen LogP contribution is 2.28. The number of rotatable bonds is 5. The molecule has 0 saturated carbocycles. The Balaban J connectivity index is 2.77. The van der Waals surface area contributed by atoms with E-state index in [1.165, 1.54) is 32.4 Å². The standard InChI is InChI=1S/C14H27N3/c1-4-6-10-13(16-15)14(3,5-2)17-11-8-7-9-12-17/h13,16H,5,7-12,15H2,1-3H3. The van der Waals surface area contributed by atoms with Crippen LogP contribution in [0.15, 0.2) is 0 Å². The Kier molecular flexibility index (Phi) is 5.97. The topological polar surface area (TPSA) is 41.3 Å². The van der Waals surface area contributed by atoms with Crippen molar-refractivity contribution in [2.24, 2.45) is 5.84 Å². The van der Waals surface area contributed by atoms with E-state index in [1.54, 1.807) is 0 Å². The second-order valence-corrected chi connectivity index (χ2v) is 5.11. The molecule has 2 atom stereocenters. The van der Waals surface area contributed by atoms with Crippen molar-refractivity contribution in [1.29, 1.82) is 0 Å². The largest absolute Gasteiger partial charge is 0.296 e. The normalized spacial score (nSPS) is 22.4. The zero-order chi connectivity index (χ0) is 12.7. The minimum Gasteiger partial charge on any atom is -0.296 e. The zero-order valence-corrected chi connectivity index (χ0v) is 11.6. The number of hydrogen-bond donors (Lipinski definition) is 2. The van der Waals surface area contributed by atoms with Crippen LogP contribution in [0.5, 0.6) is 0 Å². The van der Waals surface area contributed by atoms with Gasteiger partial charge in [0.15, 0.2) is 0 Å². The molecule has 3 nitrogen and oxygen atoms in total. The fourth-order valence-corrected chi connectivity index (χ4v) is 2.76. The maximum absolute atomic E-state index is 5.74. The predicted molar refractivity (Wildman–Crippen MR) is 73.3 cm³/mol. The summed E-state index contributed by atoms with van der Waals surface area (Å²) in [6.45, 7) is 8.85. The summed E-state index contributed by atoms with van der Waals surface area (Å²) in [6, 6.07) is 0.248. The highest BCUT2D eigenvalue weighted by molar-refractivity contribution is 5.05. The molecule has 1 aliphatic heterocycles. The molecule has 0 aromatic heterocycles.